The molecule has 4 aromatic rings. The maximum absolute atomic E-state index is 11.4. The van der Waals surface area contributed by atoms with E-state index in [0.29, 0.717) is 12.0 Å². The van der Waals surface area contributed by atoms with E-state index in [0.717, 1.165) is 33.3 Å². The van der Waals surface area contributed by atoms with Crippen molar-refractivity contribution >= 4 is 16.8 Å². The number of aryl methyl sites for hydroxylation is 1. The van der Waals surface area contributed by atoms with Crippen molar-refractivity contribution in [3.05, 3.63) is 71.7 Å². The van der Waals surface area contributed by atoms with Crippen molar-refractivity contribution in [2.45, 2.75) is 6.42 Å². The van der Waals surface area contributed by atoms with Crippen molar-refractivity contribution in [3.8, 4) is 11.1 Å². The first-order chi connectivity index (χ1) is 12.1. The molecular weight excluding hydrogens is 314 g/mol. The van der Waals surface area contributed by atoms with E-state index in [4.69, 9.17) is 5.73 Å². The molecule has 2 heterocycles. The summed E-state index contributed by atoms with van der Waals surface area (Å²) in [5.74, 6) is -0.435. The number of aromatic amines is 1. The van der Waals surface area contributed by atoms with Crippen LogP contribution in [0.1, 0.15) is 21.6 Å². The van der Waals surface area contributed by atoms with E-state index in [-0.39, 0.29) is 0 Å². The van der Waals surface area contributed by atoms with Crippen LogP contribution in [0.3, 0.4) is 0 Å². The minimum Gasteiger partial charge on any atom is -0.366 e. The van der Waals surface area contributed by atoms with E-state index in [1.807, 2.05) is 19.4 Å². The maximum Gasteiger partial charge on any atom is 0.248 e. The summed E-state index contributed by atoms with van der Waals surface area (Å²) in [4.78, 5) is 11.4. The van der Waals surface area contributed by atoms with Gasteiger partial charge < -0.3 is 5.73 Å². The average Bonchev–Trinajstić information content (AvgIpc) is 3.22. The molecular formula is C19H17N5O. The van der Waals surface area contributed by atoms with Gasteiger partial charge in [0.2, 0.25) is 5.91 Å². The number of hydrogen-bond donors (Lipinski definition) is 2. The number of nitrogens with zero attached hydrogens (tertiary/aromatic N) is 3. The predicted molar refractivity (Wildman–Crippen MR) is 96.1 cm³/mol. The maximum atomic E-state index is 11.4. The van der Waals surface area contributed by atoms with E-state index >= 15 is 0 Å². The number of nitrogens with two attached hydrogens (primary N) is 1. The quantitative estimate of drug-likeness (QED) is 0.602. The smallest absolute Gasteiger partial charge is 0.248 e. The lowest BCUT2D eigenvalue weighted by molar-refractivity contribution is 0.100. The van der Waals surface area contributed by atoms with E-state index in [1.54, 1.807) is 22.9 Å². The Morgan fingerprint density at radius 2 is 1.96 bits per heavy atom. The van der Waals surface area contributed by atoms with Crippen LogP contribution in [0.4, 0.5) is 0 Å². The molecule has 6 nitrogen and oxygen atoms in total. The zero-order valence-corrected chi connectivity index (χ0v) is 13.7. The van der Waals surface area contributed by atoms with Gasteiger partial charge in [0.05, 0.1) is 11.7 Å². The number of fused-ring (bicyclic) bond motifs is 1. The third-order valence-electron chi connectivity index (χ3n) is 4.29. The molecule has 0 fully saturated rings. The molecule has 0 atom stereocenters. The fourth-order valence-electron chi connectivity index (χ4n) is 2.94. The Labute approximate surface area is 144 Å². The molecule has 0 saturated carbocycles. The molecule has 0 aliphatic heterocycles. The number of H-pyrrole nitrogens is 1. The summed E-state index contributed by atoms with van der Waals surface area (Å²) in [7, 11) is 1.90. The zero-order chi connectivity index (χ0) is 17.4. The second-order valence-corrected chi connectivity index (χ2v) is 6.07. The van der Waals surface area contributed by atoms with Crippen LogP contribution in [0.5, 0.6) is 0 Å². The van der Waals surface area contributed by atoms with Crippen LogP contribution < -0.4 is 5.73 Å². The van der Waals surface area contributed by atoms with Gasteiger partial charge in [-0.2, -0.15) is 10.2 Å². The summed E-state index contributed by atoms with van der Waals surface area (Å²) in [6.07, 6.45) is 4.54. The molecule has 0 spiro atoms. The van der Waals surface area contributed by atoms with Gasteiger partial charge in [0.25, 0.3) is 0 Å². The standard InChI is InChI=1S/C19H17N5O/c1-24-11-15(10-21-24)13-4-2-12(3-5-13)8-18-16-9-14(19(20)25)6-7-17(16)22-23-18/h2-7,9-11H,8H2,1H3,(H2,20,25)(H,22,23). The van der Waals surface area contributed by atoms with Crippen LogP contribution in [0.25, 0.3) is 22.0 Å². The number of carbonyl (C=O) groups excluding carboxylic acids is 1. The highest BCUT2D eigenvalue weighted by Crippen LogP contribution is 2.23. The number of aromatic nitrogens is 4. The van der Waals surface area contributed by atoms with Crippen molar-refractivity contribution in [3.63, 3.8) is 0 Å². The van der Waals surface area contributed by atoms with Crippen molar-refractivity contribution < 1.29 is 4.79 Å². The molecule has 4 rings (SSSR count). The first-order valence-corrected chi connectivity index (χ1v) is 7.95. The van der Waals surface area contributed by atoms with Crippen LogP contribution >= 0.6 is 0 Å². The Kier molecular flexibility index (Phi) is 3.57. The van der Waals surface area contributed by atoms with Gasteiger partial charge in [0.1, 0.15) is 0 Å². The molecule has 3 N–H and O–H groups in total. The number of nitrogens with one attached hydrogen (secondary N) is 1. The number of amides is 1. The number of primary amides is 1. The minimum atomic E-state index is -0.435. The number of benzene rings is 2. The average molecular weight is 331 g/mol. The van der Waals surface area contributed by atoms with E-state index < -0.39 is 5.91 Å². The fraction of sp³-hybridized carbons (Fsp3) is 0.105. The topological polar surface area (TPSA) is 89.6 Å². The van der Waals surface area contributed by atoms with Crippen LogP contribution in [-0.4, -0.2) is 25.9 Å². The van der Waals surface area contributed by atoms with Gasteiger partial charge in [0, 0.05) is 41.9 Å². The highest BCUT2D eigenvalue weighted by Gasteiger charge is 2.10. The van der Waals surface area contributed by atoms with Crippen molar-refractivity contribution in [1.82, 2.24) is 20.0 Å². The number of hydrogen-bond acceptors (Lipinski definition) is 3. The summed E-state index contributed by atoms with van der Waals surface area (Å²) in [5.41, 5.74) is 11.0. The molecule has 124 valence electrons. The van der Waals surface area contributed by atoms with Gasteiger partial charge in [-0.05, 0) is 29.3 Å². The number of carbonyl (C=O) groups is 1. The molecule has 2 aromatic carbocycles. The molecule has 25 heavy (non-hydrogen) atoms. The van der Waals surface area contributed by atoms with Crippen molar-refractivity contribution in [2.75, 3.05) is 0 Å². The summed E-state index contributed by atoms with van der Waals surface area (Å²) >= 11 is 0. The van der Waals surface area contributed by atoms with E-state index in [1.165, 1.54) is 0 Å². The first kappa shape index (κ1) is 15.1. The lowest BCUT2D eigenvalue weighted by atomic mass is 10.0. The van der Waals surface area contributed by atoms with Gasteiger partial charge in [-0.15, -0.1) is 0 Å². The summed E-state index contributed by atoms with van der Waals surface area (Å²) in [6, 6.07) is 13.6. The Hall–Kier alpha value is -3.41. The Bertz CT molecular complexity index is 1060. The van der Waals surface area contributed by atoms with Crippen LogP contribution in [0, 0.1) is 0 Å². The molecule has 0 saturated heterocycles. The minimum absolute atomic E-state index is 0.435. The third kappa shape index (κ3) is 2.89. The van der Waals surface area contributed by atoms with E-state index in [9.17, 15) is 4.79 Å². The summed E-state index contributed by atoms with van der Waals surface area (Å²) in [6.45, 7) is 0. The molecule has 0 unspecified atom stereocenters. The van der Waals surface area contributed by atoms with Crippen LogP contribution in [0.2, 0.25) is 0 Å². The summed E-state index contributed by atoms with van der Waals surface area (Å²) < 4.78 is 1.79. The normalized spacial score (nSPS) is 11.1. The van der Waals surface area contributed by atoms with Gasteiger partial charge >= 0.3 is 0 Å². The second-order valence-electron chi connectivity index (χ2n) is 6.07. The molecule has 0 radical (unpaired) electrons. The SMILES string of the molecule is Cn1cc(-c2ccc(Cc3[nH]nc4ccc(C(N)=O)cc34)cc2)cn1. The largest absolute Gasteiger partial charge is 0.366 e. The Morgan fingerprint density at radius 3 is 2.64 bits per heavy atom. The first-order valence-electron chi connectivity index (χ1n) is 7.95. The third-order valence-corrected chi connectivity index (χ3v) is 4.29. The van der Waals surface area contributed by atoms with Crippen LogP contribution in [-0.2, 0) is 13.5 Å². The summed E-state index contributed by atoms with van der Waals surface area (Å²) in [5, 5.41) is 12.5. The van der Waals surface area contributed by atoms with Gasteiger partial charge in [-0.1, -0.05) is 24.3 Å². The van der Waals surface area contributed by atoms with Gasteiger partial charge in [-0.25, -0.2) is 0 Å². The monoisotopic (exact) mass is 331 g/mol. The van der Waals surface area contributed by atoms with Gasteiger partial charge in [0.15, 0.2) is 0 Å². The highest BCUT2D eigenvalue weighted by atomic mass is 16.1. The Balaban J connectivity index is 1.62. The molecule has 0 aliphatic carbocycles. The lowest BCUT2D eigenvalue weighted by Gasteiger charge is -2.03. The lowest BCUT2D eigenvalue weighted by Crippen LogP contribution is -2.10. The highest BCUT2D eigenvalue weighted by molar-refractivity contribution is 5.97. The van der Waals surface area contributed by atoms with Crippen molar-refractivity contribution in [2.24, 2.45) is 12.8 Å². The molecule has 1 amide bonds. The Morgan fingerprint density at radius 1 is 1.16 bits per heavy atom. The fourth-order valence-corrected chi connectivity index (χ4v) is 2.94. The molecule has 2 aromatic heterocycles. The predicted octanol–water partition coefficient (Wildman–Crippen LogP) is 2.65. The zero-order valence-electron chi connectivity index (χ0n) is 13.7. The second kappa shape index (κ2) is 5.90. The van der Waals surface area contributed by atoms with E-state index in [2.05, 4.69) is 39.6 Å². The van der Waals surface area contributed by atoms with Crippen LogP contribution in [0.15, 0.2) is 54.9 Å². The molecule has 0 bridgehead atoms. The van der Waals surface area contributed by atoms with Gasteiger partial charge in [-0.3, -0.25) is 14.6 Å². The molecule has 6 heteroatoms. The molecule has 0 aliphatic rings. The number of rotatable bonds is 4. The van der Waals surface area contributed by atoms with Crippen molar-refractivity contribution in [1.29, 1.82) is 0 Å².